The first-order chi connectivity index (χ1) is 7.05. The van der Waals surface area contributed by atoms with Crippen LogP contribution in [0.5, 0.6) is 0 Å². The van der Waals surface area contributed by atoms with Gasteiger partial charge in [-0.1, -0.05) is 25.6 Å². The highest BCUT2D eigenvalue weighted by atomic mass is 32.2. The molecule has 15 heavy (non-hydrogen) atoms. The molecule has 1 N–H and O–H groups in total. The standard InChI is InChI=1S/C10H16N4S/c1-10(2)6-11-9(15-7-10)13-8-4-12-14(3)5-8/h4-5H,6-7H2,1-3H3,(H,11,13). The van der Waals surface area contributed by atoms with Crippen molar-refractivity contribution in [2.75, 3.05) is 17.6 Å². The van der Waals surface area contributed by atoms with Gasteiger partial charge in [0.05, 0.1) is 11.9 Å². The molecule has 1 aliphatic heterocycles. The number of aryl methyl sites for hydroxylation is 1. The van der Waals surface area contributed by atoms with Crippen molar-refractivity contribution in [3.63, 3.8) is 0 Å². The highest BCUT2D eigenvalue weighted by Gasteiger charge is 2.23. The van der Waals surface area contributed by atoms with Gasteiger partial charge in [-0.05, 0) is 5.41 Å². The zero-order valence-electron chi connectivity index (χ0n) is 9.32. The molecule has 0 aromatic carbocycles. The topological polar surface area (TPSA) is 42.2 Å². The molecule has 0 spiro atoms. The summed E-state index contributed by atoms with van der Waals surface area (Å²) < 4.78 is 1.78. The minimum atomic E-state index is 0.324. The van der Waals surface area contributed by atoms with Gasteiger partial charge in [-0.2, -0.15) is 5.10 Å². The van der Waals surface area contributed by atoms with Gasteiger partial charge in [0.1, 0.15) is 0 Å². The fraction of sp³-hybridized carbons (Fsp3) is 0.600. The Balaban J connectivity index is 1.99. The summed E-state index contributed by atoms with van der Waals surface area (Å²) in [7, 11) is 1.91. The number of nitrogens with zero attached hydrogens (tertiary/aromatic N) is 3. The molecule has 0 saturated carbocycles. The molecule has 82 valence electrons. The van der Waals surface area contributed by atoms with Crippen molar-refractivity contribution in [3.05, 3.63) is 12.4 Å². The monoisotopic (exact) mass is 224 g/mol. The van der Waals surface area contributed by atoms with Crippen LogP contribution in [0.3, 0.4) is 0 Å². The maximum Gasteiger partial charge on any atom is 0.161 e. The minimum absolute atomic E-state index is 0.324. The summed E-state index contributed by atoms with van der Waals surface area (Å²) in [6, 6.07) is 0. The molecular weight excluding hydrogens is 208 g/mol. The first-order valence-corrected chi connectivity index (χ1v) is 5.97. The van der Waals surface area contributed by atoms with Gasteiger partial charge in [-0.25, -0.2) is 0 Å². The van der Waals surface area contributed by atoms with E-state index in [1.54, 1.807) is 16.4 Å². The van der Waals surface area contributed by atoms with Gasteiger partial charge in [-0.15, -0.1) is 0 Å². The predicted molar refractivity (Wildman–Crippen MR) is 65.4 cm³/mol. The second kappa shape index (κ2) is 3.89. The fourth-order valence-corrected chi connectivity index (χ4v) is 2.29. The maximum atomic E-state index is 4.52. The molecular formula is C10H16N4S. The van der Waals surface area contributed by atoms with E-state index in [2.05, 4.69) is 29.3 Å². The summed E-state index contributed by atoms with van der Waals surface area (Å²) >= 11 is 1.78. The summed E-state index contributed by atoms with van der Waals surface area (Å²) in [5.74, 6) is 1.11. The SMILES string of the molecule is Cn1cc(NC2=NCC(C)(C)CS2)cn1. The van der Waals surface area contributed by atoms with Crippen LogP contribution in [0.25, 0.3) is 0 Å². The van der Waals surface area contributed by atoms with Crippen LogP contribution < -0.4 is 5.32 Å². The normalized spacial score (nSPS) is 19.8. The van der Waals surface area contributed by atoms with Crippen molar-refractivity contribution in [3.8, 4) is 0 Å². The Morgan fingerprint density at radius 1 is 1.53 bits per heavy atom. The number of amidine groups is 1. The van der Waals surface area contributed by atoms with Crippen LogP contribution in [-0.4, -0.2) is 27.2 Å². The van der Waals surface area contributed by atoms with E-state index in [1.165, 1.54) is 0 Å². The van der Waals surface area contributed by atoms with E-state index in [4.69, 9.17) is 0 Å². The Morgan fingerprint density at radius 2 is 2.33 bits per heavy atom. The number of hydrogen-bond acceptors (Lipinski definition) is 4. The van der Waals surface area contributed by atoms with Crippen molar-refractivity contribution in [2.45, 2.75) is 13.8 Å². The van der Waals surface area contributed by atoms with Gasteiger partial charge in [0.2, 0.25) is 0 Å². The van der Waals surface area contributed by atoms with Crippen LogP contribution >= 0.6 is 11.8 Å². The molecule has 2 heterocycles. The summed E-state index contributed by atoms with van der Waals surface area (Å²) in [5, 5.41) is 8.37. The third-order valence-electron chi connectivity index (χ3n) is 2.21. The number of rotatable bonds is 1. The largest absolute Gasteiger partial charge is 0.332 e. The number of thioether (sulfide) groups is 1. The summed E-state index contributed by atoms with van der Waals surface area (Å²) in [4.78, 5) is 4.52. The number of anilines is 1. The van der Waals surface area contributed by atoms with Gasteiger partial charge >= 0.3 is 0 Å². The molecule has 1 aliphatic rings. The third-order valence-corrected chi connectivity index (χ3v) is 3.64. The highest BCUT2D eigenvalue weighted by molar-refractivity contribution is 8.14. The van der Waals surface area contributed by atoms with Crippen LogP contribution in [0.15, 0.2) is 17.4 Å². The molecule has 0 unspecified atom stereocenters. The molecule has 1 aromatic heterocycles. The smallest absolute Gasteiger partial charge is 0.161 e. The van der Waals surface area contributed by atoms with Gasteiger partial charge in [0.15, 0.2) is 5.17 Å². The lowest BCUT2D eigenvalue weighted by molar-refractivity contribution is 0.438. The van der Waals surface area contributed by atoms with Crippen molar-refractivity contribution in [1.29, 1.82) is 0 Å². The van der Waals surface area contributed by atoms with E-state index in [9.17, 15) is 0 Å². The van der Waals surface area contributed by atoms with Gasteiger partial charge in [0, 0.05) is 25.5 Å². The molecule has 0 fully saturated rings. The first kappa shape index (κ1) is 10.5. The molecule has 0 amide bonds. The molecule has 0 saturated heterocycles. The van der Waals surface area contributed by atoms with Gasteiger partial charge < -0.3 is 5.32 Å². The molecule has 0 aliphatic carbocycles. The lowest BCUT2D eigenvalue weighted by Crippen LogP contribution is -2.27. The second-order valence-corrected chi connectivity index (χ2v) is 5.57. The van der Waals surface area contributed by atoms with E-state index < -0.39 is 0 Å². The van der Waals surface area contributed by atoms with Crippen LogP contribution in [0.2, 0.25) is 0 Å². The van der Waals surface area contributed by atoms with E-state index in [0.29, 0.717) is 5.41 Å². The van der Waals surface area contributed by atoms with Gasteiger partial charge in [-0.3, -0.25) is 9.67 Å². The molecule has 0 bridgehead atoms. The number of aliphatic imine (C=N–C) groups is 1. The zero-order valence-corrected chi connectivity index (χ0v) is 10.1. The lowest BCUT2D eigenvalue weighted by Gasteiger charge is -2.27. The molecule has 5 heteroatoms. The van der Waals surface area contributed by atoms with E-state index in [-0.39, 0.29) is 0 Å². The second-order valence-electron chi connectivity index (χ2n) is 4.60. The van der Waals surface area contributed by atoms with E-state index in [1.807, 2.05) is 19.4 Å². The maximum absolute atomic E-state index is 4.52. The van der Waals surface area contributed by atoms with Crippen molar-refractivity contribution in [1.82, 2.24) is 9.78 Å². The van der Waals surface area contributed by atoms with E-state index >= 15 is 0 Å². The van der Waals surface area contributed by atoms with E-state index in [0.717, 1.165) is 23.2 Å². The molecule has 2 rings (SSSR count). The van der Waals surface area contributed by atoms with Crippen molar-refractivity contribution < 1.29 is 0 Å². The van der Waals surface area contributed by atoms with Crippen molar-refractivity contribution >= 4 is 22.6 Å². The Bertz CT molecular complexity index is 381. The van der Waals surface area contributed by atoms with Crippen LogP contribution in [0.4, 0.5) is 5.69 Å². The molecule has 0 radical (unpaired) electrons. The number of nitrogens with one attached hydrogen (secondary N) is 1. The zero-order chi connectivity index (χ0) is 10.9. The van der Waals surface area contributed by atoms with Crippen LogP contribution in [0.1, 0.15) is 13.8 Å². The number of hydrogen-bond donors (Lipinski definition) is 1. The van der Waals surface area contributed by atoms with Crippen molar-refractivity contribution in [2.24, 2.45) is 17.5 Å². The molecule has 1 aromatic rings. The quantitative estimate of drug-likeness (QED) is 0.793. The Labute approximate surface area is 94.2 Å². The Morgan fingerprint density at radius 3 is 2.87 bits per heavy atom. The Kier molecular flexibility index (Phi) is 2.73. The predicted octanol–water partition coefficient (Wildman–Crippen LogP) is 1.96. The lowest BCUT2D eigenvalue weighted by atomic mass is 9.97. The molecule has 4 nitrogen and oxygen atoms in total. The third kappa shape index (κ3) is 2.75. The minimum Gasteiger partial charge on any atom is -0.332 e. The van der Waals surface area contributed by atoms with Gasteiger partial charge in [0.25, 0.3) is 0 Å². The Hall–Kier alpha value is -0.970. The fourth-order valence-electron chi connectivity index (χ4n) is 1.33. The average Bonchev–Trinajstić information content (AvgIpc) is 2.55. The summed E-state index contributed by atoms with van der Waals surface area (Å²) in [6.45, 7) is 5.37. The summed E-state index contributed by atoms with van der Waals surface area (Å²) in [5.41, 5.74) is 1.33. The number of aromatic nitrogens is 2. The first-order valence-electron chi connectivity index (χ1n) is 4.98. The average molecular weight is 224 g/mol. The molecule has 0 atom stereocenters. The van der Waals surface area contributed by atoms with Crippen LogP contribution in [-0.2, 0) is 7.05 Å². The highest BCUT2D eigenvalue weighted by Crippen LogP contribution is 2.28. The summed E-state index contributed by atoms with van der Waals surface area (Å²) in [6.07, 6.45) is 3.76. The van der Waals surface area contributed by atoms with Crippen LogP contribution in [0, 0.1) is 5.41 Å².